The van der Waals surface area contributed by atoms with Crippen LogP contribution in [0.5, 0.6) is 0 Å². The van der Waals surface area contributed by atoms with E-state index >= 15 is 0 Å². The first kappa shape index (κ1) is 17.0. The van der Waals surface area contributed by atoms with E-state index in [0.29, 0.717) is 11.5 Å². The highest BCUT2D eigenvalue weighted by Gasteiger charge is 2.09. The molecule has 4 heteroatoms. The van der Waals surface area contributed by atoms with E-state index in [4.69, 9.17) is 0 Å². The average Bonchev–Trinajstić information content (AvgIpc) is 2.55. The zero-order valence-corrected chi connectivity index (χ0v) is 14.1. The number of para-hydroxylation sites is 1. The van der Waals surface area contributed by atoms with Gasteiger partial charge in [-0.05, 0) is 42.5 Å². The van der Waals surface area contributed by atoms with Gasteiger partial charge in [0.1, 0.15) is 5.82 Å². The van der Waals surface area contributed by atoms with Crippen LogP contribution in [0.1, 0.15) is 43.1 Å². The molecule has 0 aliphatic heterocycles. The van der Waals surface area contributed by atoms with Crippen LogP contribution in [0.15, 0.2) is 42.6 Å². The number of hydrogen-bond acceptors (Lipinski definition) is 3. The van der Waals surface area contributed by atoms with Crippen molar-refractivity contribution < 1.29 is 4.79 Å². The number of pyridine rings is 1. The summed E-state index contributed by atoms with van der Waals surface area (Å²) in [5.41, 5.74) is 2.55. The van der Waals surface area contributed by atoms with E-state index < -0.39 is 0 Å². The molecule has 0 saturated carbocycles. The quantitative estimate of drug-likeness (QED) is 0.799. The highest BCUT2D eigenvalue weighted by Crippen LogP contribution is 2.17. The minimum absolute atomic E-state index is 0.132. The Hall–Kier alpha value is -2.36. The molecule has 1 heterocycles. The number of aromatic nitrogens is 1. The highest BCUT2D eigenvalue weighted by molar-refractivity contribution is 6.04. The Morgan fingerprint density at radius 2 is 1.96 bits per heavy atom. The second kappa shape index (κ2) is 8.32. The van der Waals surface area contributed by atoms with E-state index in [2.05, 4.69) is 36.4 Å². The molecule has 2 aromatic rings. The minimum Gasteiger partial charge on any atom is -0.370 e. The average molecular weight is 311 g/mol. The summed E-state index contributed by atoms with van der Waals surface area (Å²) in [5, 5.41) is 6.22. The molecule has 0 bridgehead atoms. The molecule has 122 valence electrons. The van der Waals surface area contributed by atoms with E-state index in [9.17, 15) is 4.79 Å². The van der Waals surface area contributed by atoms with E-state index in [1.165, 1.54) is 0 Å². The van der Waals surface area contributed by atoms with Crippen molar-refractivity contribution in [3.05, 3.63) is 53.7 Å². The molecule has 2 N–H and O–H groups in total. The number of rotatable bonds is 7. The Labute approximate surface area is 138 Å². The molecule has 0 aliphatic rings. The Bertz CT molecular complexity index is 635. The number of amides is 1. The number of aryl methyl sites for hydroxylation is 1. The molecule has 0 fully saturated rings. The van der Waals surface area contributed by atoms with Crippen molar-refractivity contribution >= 4 is 17.4 Å². The molecular weight excluding hydrogens is 286 g/mol. The van der Waals surface area contributed by atoms with Gasteiger partial charge in [-0.1, -0.05) is 39.0 Å². The maximum absolute atomic E-state index is 12.3. The fourth-order valence-corrected chi connectivity index (χ4v) is 2.27. The van der Waals surface area contributed by atoms with Crippen LogP contribution in [0.4, 0.5) is 11.5 Å². The first-order chi connectivity index (χ1) is 11.1. The largest absolute Gasteiger partial charge is 0.370 e. The van der Waals surface area contributed by atoms with Crippen molar-refractivity contribution in [1.29, 1.82) is 0 Å². The molecule has 1 aromatic heterocycles. The molecule has 0 atom stereocenters. The van der Waals surface area contributed by atoms with Crippen LogP contribution < -0.4 is 10.6 Å². The van der Waals surface area contributed by atoms with Gasteiger partial charge in [-0.2, -0.15) is 0 Å². The molecule has 4 nitrogen and oxygen atoms in total. The number of carbonyl (C=O) groups is 1. The number of nitrogens with zero attached hydrogens (tertiary/aromatic N) is 1. The third kappa shape index (κ3) is 5.09. The van der Waals surface area contributed by atoms with Gasteiger partial charge < -0.3 is 10.6 Å². The maximum atomic E-state index is 12.3. The first-order valence-corrected chi connectivity index (χ1v) is 8.19. The molecule has 23 heavy (non-hydrogen) atoms. The van der Waals surface area contributed by atoms with Gasteiger partial charge in [0.2, 0.25) is 0 Å². The molecule has 0 unspecified atom stereocenters. The van der Waals surface area contributed by atoms with E-state index in [-0.39, 0.29) is 5.91 Å². The lowest BCUT2D eigenvalue weighted by Crippen LogP contribution is -2.14. The van der Waals surface area contributed by atoms with Crippen molar-refractivity contribution in [1.82, 2.24) is 4.98 Å². The predicted molar refractivity (Wildman–Crippen MR) is 96.0 cm³/mol. The summed E-state index contributed by atoms with van der Waals surface area (Å²) in [5.74, 6) is 1.33. The monoisotopic (exact) mass is 311 g/mol. The second-order valence-electron chi connectivity index (χ2n) is 6.01. The van der Waals surface area contributed by atoms with Gasteiger partial charge in [0.05, 0.1) is 5.56 Å². The van der Waals surface area contributed by atoms with Gasteiger partial charge in [-0.3, -0.25) is 4.79 Å². The summed E-state index contributed by atoms with van der Waals surface area (Å²) in [7, 11) is 0. The van der Waals surface area contributed by atoms with Crippen molar-refractivity contribution in [2.75, 3.05) is 17.2 Å². The van der Waals surface area contributed by atoms with E-state index in [1.54, 1.807) is 12.3 Å². The number of carbonyl (C=O) groups excluding carboxylic acids is 1. The molecule has 2 rings (SSSR count). The Morgan fingerprint density at radius 3 is 2.61 bits per heavy atom. The normalized spacial score (nSPS) is 10.6. The summed E-state index contributed by atoms with van der Waals surface area (Å²) in [4.78, 5) is 16.6. The van der Waals surface area contributed by atoms with Crippen molar-refractivity contribution in [3.63, 3.8) is 0 Å². The number of anilines is 2. The van der Waals surface area contributed by atoms with Gasteiger partial charge in [-0.25, -0.2) is 4.98 Å². The van der Waals surface area contributed by atoms with Crippen molar-refractivity contribution in [2.45, 2.75) is 33.6 Å². The number of nitrogens with one attached hydrogen (secondary N) is 2. The summed E-state index contributed by atoms with van der Waals surface area (Å²) < 4.78 is 0. The zero-order valence-electron chi connectivity index (χ0n) is 14.1. The second-order valence-corrected chi connectivity index (χ2v) is 6.01. The lowest BCUT2D eigenvalue weighted by molar-refractivity contribution is 0.102. The van der Waals surface area contributed by atoms with Crippen LogP contribution in [0.2, 0.25) is 0 Å². The van der Waals surface area contributed by atoms with Crippen molar-refractivity contribution in [3.8, 4) is 0 Å². The lowest BCUT2D eigenvalue weighted by Gasteiger charge is -2.10. The van der Waals surface area contributed by atoms with E-state index in [1.807, 2.05) is 30.3 Å². The third-order valence-corrected chi connectivity index (χ3v) is 3.70. The van der Waals surface area contributed by atoms with Gasteiger partial charge in [0.25, 0.3) is 5.91 Å². The van der Waals surface area contributed by atoms with Crippen LogP contribution >= 0.6 is 0 Å². The standard InChI is InChI=1S/C19H25N3O/c1-4-15-7-5-6-8-17(15)22-19(23)16-9-10-18(21-13-16)20-12-11-14(2)3/h5-10,13-14H,4,11-12H2,1-3H3,(H,20,21)(H,22,23). The van der Waals surface area contributed by atoms with E-state index in [0.717, 1.165) is 36.5 Å². The zero-order chi connectivity index (χ0) is 16.7. The molecule has 1 aromatic carbocycles. The first-order valence-electron chi connectivity index (χ1n) is 8.19. The summed E-state index contributed by atoms with van der Waals surface area (Å²) in [6, 6.07) is 11.5. The van der Waals surface area contributed by atoms with Gasteiger partial charge >= 0.3 is 0 Å². The third-order valence-electron chi connectivity index (χ3n) is 3.70. The fourth-order valence-electron chi connectivity index (χ4n) is 2.27. The van der Waals surface area contributed by atoms with Crippen molar-refractivity contribution in [2.24, 2.45) is 5.92 Å². The van der Waals surface area contributed by atoms with Crippen LogP contribution in [0, 0.1) is 5.92 Å². The van der Waals surface area contributed by atoms with Gasteiger partial charge in [0, 0.05) is 18.4 Å². The molecule has 0 radical (unpaired) electrons. The highest BCUT2D eigenvalue weighted by atomic mass is 16.1. The Kier molecular flexibility index (Phi) is 6.15. The molecule has 0 spiro atoms. The Balaban J connectivity index is 1.97. The summed E-state index contributed by atoms with van der Waals surface area (Å²) >= 11 is 0. The maximum Gasteiger partial charge on any atom is 0.257 e. The minimum atomic E-state index is -0.132. The lowest BCUT2D eigenvalue weighted by atomic mass is 10.1. The van der Waals surface area contributed by atoms with Crippen LogP contribution in [-0.4, -0.2) is 17.4 Å². The van der Waals surface area contributed by atoms with Crippen LogP contribution in [0.3, 0.4) is 0 Å². The molecule has 1 amide bonds. The predicted octanol–water partition coefficient (Wildman–Crippen LogP) is 4.35. The smallest absolute Gasteiger partial charge is 0.257 e. The van der Waals surface area contributed by atoms with Crippen LogP contribution in [0.25, 0.3) is 0 Å². The topological polar surface area (TPSA) is 54.0 Å². The fraction of sp³-hybridized carbons (Fsp3) is 0.368. The summed E-state index contributed by atoms with van der Waals surface area (Å²) in [6.45, 7) is 7.34. The molecular formula is C19H25N3O. The summed E-state index contributed by atoms with van der Waals surface area (Å²) in [6.07, 6.45) is 3.59. The van der Waals surface area contributed by atoms with Crippen LogP contribution in [-0.2, 0) is 6.42 Å². The number of hydrogen-bond donors (Lipinski definition) is 2. The molecule has 0 aliphatic carbocycles. The van der Waals surface area contributed by atoms with Gasteiger partial charge in [0.15, 0.2) is 0 Å². The Morgan fingerprint density at radius 1 is 1.17 bits per heavy atom. The number of benzene rings is 1. The SMILES string of the molecule is CCc1ccccc1NC(=O)c1ccc(NCCC(C)C)nc1. The molecule has 0 saturated heterocycles. The van der Waals surface area contributed by atoms with Gasteiger partial charge in [-0.15, -0.1) is 0 Å².